The van der Waals surface area contributed by atoms with Gasteiger partial charge >= 0.3 is 0 Å². The summed E-state index contributed by atoms with van der Waals surface area (Å²) in [6.45, 7) is 0. The molecule has 1 aromatic carbocycles. The van der Waals surface area contributed by atoms with Crippen LogP contribution in [0.3, 0.4) is 0 Å². The Labute approximate surface area is 102 Å². The van der Waals surface area contributed by atoms with Crippen LogP contribution in [0.1, 0.15) is 43.7 Å². The van der Waals surface area contributed by atoms with Crippen LogP contribution in [-0.4, -0.2) is 9.97 Å². The Balaban J connectivity index is 1.93. The van der Waals surface area contributed by atoms with E-state index in [1.807, 2.05) is 6.33 Å². The van der Waals surface area contributed by atoms with Gasteiger partial charge in [0.2, 0.25) is 0 Å². The van der Waals surface area contributed by atoms with Crippen molar-refractivity contribution < 1.29 is 0 Å². The highest BCUT2D eigenvalue weighted by Crippen LogP contribution is 2.35. The summed E-state index contributed by atoms with van der Waals surface area (Å²) in [6, 6.07) is 10.5. The van der Waals surface area contributed by atoms with Crippen molar-refractivity contribution in [2.24, 2.45) is 0 Å². The summed E-state index contributed by atoms with van der Waals surface area (Å²) in [5.41, 5.74) is 3.72. The predicted octanol–water partition coefficient (Wildman–Crippen LogP) is 4.12. The molecule has 17 heavy (non-hydrogen) atoms. The number of nitrogens with one attached hydrogen (secondary N) is 1. The second-order valence-corrected chi connectivity index (χ2v) is 4.87. The zero-order valence-corrected chi connectivity index (χ0v) is 10.0. The Hall–Kier alpha value is -1.57. The lowest BCUT2D eigenvalue weighted by Gasteiger charge is -2.21. The average Bonchev–Trinajstić information content (AvgIpc) is 2.90. The first-order chi connectivity index (χ1) is 8.45. The van der Waals surface area contributed by atoms with Crippen LogP contribution in [0.25, 0.3) is 11.3 Å². The average molecular weight is 226 g/mol. The third-order valence-corrected chi connectivity index (χ3v) is 3.73. The molecule has 1 aliphatic rings. The molecule has 2 heteroatoms. The van der Waals surface area contributed by atoms with Crippen molar-refractivity contribution in [3.8, 4) is 11.3 Å². The maximum atomic E-state index is 4.51. The molecule has 1 heterocycles. The number of rotatable bonds is 2. The van der Waals surface area contributed by atoms with Crippen LogP contribution in [0, 0.1) is 0 Å². The zero-order chi connectivity index (χ0) is 11.5. The Morgan fingerprint density at radius 3 is 2.53 bits per heavy atom. The fourth-order valence-corrected chi connectivity index (χ4v) is 2.83. The van der Waals surface area contributed by atoms with Gasteiger partial charge in [0, 0.05) is 17.2 Å². The van der Waals surface area contributed by atoms with E-state index in [1.54, 1.807) is 0 Å². The highest BCUT2D eigenvalue weighted by Gasteiger charge is 2.20. The molecule has 0 atom stereocenters. The van der Waals surface area contributed by atoms with Gasteiger partial charge in [0.15, 0.2) is 0 Å². The molecule has 3 rings (SSSR count). The van der Waals surface area contributed by atoms with E-state index in [1.165, 1.54) is 43.4 Å². The van der Waals surface area contributed by atoms with E-state index >= 15 is 0 Å². The second kappa shape index (κ2) is 4.74. The number of aromatic amines is 1. The summed E-state index contributed by atoms with van der Waals surface area (Å²) >= 11 is 0. The SMILES string of the molecule is c1ccc(-c2nc[nH]c2C2CCCCC2)cc1. The van der Waals surface area contributed by atoms with Gasteiger partial charge in [-0.15, -0.1) is 0 Å². The lowest BCUT2D eigenvalue weighted by atomic mass is 9.85. The Kier molecular flexibility index (Phi) is 2.95. The number of aromatic nitrogens is 2. The molecule has 1 aliphatic carbocycles. The molecule has 0 bridgehead atoms. The van der Waals surface area contributed by atoms with Gasteiger partial charge in [-0.25, -0.2) is 4.98 Å². The Morgan fingerprint density at radius 2 is 1.76 bits per heavy atom. The number of benzene rings is 1. The summed E-state index contributed by atoms with van der Waals surface area (Å²) in [4.78, 5) is 7.87. The maximum absolute atomic E-state index is 4.51. The van der Waals surface area contributed by atoms with E-state index < -0.39 is 0 Å². The van der Waals surface area contributed by atoms with Gasteiger partial charge in [-0.1, -0.05) is 49.6 Å². The lowest BCUT2D eigenvalue weighted by molar-refractivity contribution is 0.438. The van der Waals surface area contributed by atoms with E-state index in [-0.39, 0.29) is 0 Å². The summed E-state index contributed by atoms with van der Waals surface area (Å²) in [7, 11) is 0. The van der Waals surface area contributed by atoms with Crippen LogP contribution in [0.15, 0.2) is 36.7 Å². The maximum Gasteiger partial charge on any atom is 0.0929 e. The molecule has 88 valence electrons. The molecular weight excluding hydrogens is 208 g/mol. The molecule has 2 aromatic rings. The van der Waals surface area contributed by atoms with E-state index in [2.05, 4.69) is 40.3 Å². The number of nitrogens with zero attached hydrogens (tertiary/aromatic N) is 1. The molecule has 0 amide bonds. The molecule has 1 N–H and O–H groups in total. The third kappa shape index (κ3) is 2.12. The van der Waals surface area contributed by atoms with Crippen molar-refractivity contribution >= 4 is 0 Å². The highest BCUT2D eigenvalue weighted by molar-refractivity contribution is 5.62. The van der Waals surface area contributed by atoms with E-state index in [0.717, 1.165) is 5.69 Å². The van der Waals surface area contributed by atoms with Gasteiger partial charge in [-0.2, -0.15) is 0 Å². The first-order valence-electron chi connectivity index (χ1n) is 6.54. The largest absolute Gasteiger partial charge is 0.348 e. The summed E-state index contributed by atoms with van der Waals surface area (Å²) in [6.07, 6.45) is 8.57. The number of imidazole rings is 1. The quantitative estimate of drug-likeness (QED) is 0.819. The number of H-pyrrole nitrogens is 1. The summed E-state index contributed by atoms with van der Waals surface area (Å²) in [5, 5.41) is 0. The van der Waals surface area contributed by atoms with Gasteiger partial charge in [-0.05, 0) is 12.8 Å². The molecular formula is C15H18N2. The lowest BCUT2D eigenvalue weighted by Crippen LogP contribution is -2.06. The molecule has 2 nitrogen and oxygen atoms in total. The van der Waals surface area contributed by atoms with Gasteiger partial charge in [0.1, 0.15) is 0 Å². The fraction of sp³-hybridized carbons (Fsp3) is 0.400. The van der Waals surface area contributed by atoms with Crippen molar-refractivity contribution in [2.75, 3.05) is 0 Å². The summed E-state index contributed by atoms with van der Waals surface area (Å²) in [5.74, 6) is 0.682. The van der Waals surface area contributed by atoms with Crippen molar-refractivity contribution in [1.29, 1.82) is 0 Å². The van der Waals surface area contributed by atoms with Gasteiger partial charge < -0.3 is 4.98 Å². The van der Waals surface area contributed by atoms with Crippen LogP contribution < -0.4 is 0 Å². The molecule has 0 radical (unpaired) electrons. The molecule has 1 saturated carbocycles. The van der Waals surface area contributed by atoms with Crippen molar-refractivity contribution in [3.05, 3.63) is 42.4 Å². The van der Waals surface area contributed by atoms with Gasteiger partial charge in [0.25, 0.3) is 0 Å². The minimum atomic E-state index is 0.682. The first-order valence-corrected chi connectivity index (χ1v) is 6.54. The molecule has 1 fully saturated rings. The fourth-order valence-electron chi connectivity index (χ4n) is 2.83. The van der Waals surface area contributed by atoms with Crippen molar-refractivity contribution in [2.45, 2.75) is 38.0 Å². The number of hydrogen-bond acceptors (Lipinski definition) is 1. The van der Waals surface area contributed by atoms with Crippen LogP contribution >= 0.6 is 0 Å². The summed E-state index contributed by atoms with van der Waals surface area (Å²) < 4.78 is 0. The molecule has 0 spiro atoms. The van der Waals surface area contributed by atoms with E-state index in [9.17, 15) is 0 Å². The molecule has 0 saturated heterocycles. The monoisotopic (exact) mass is 226 g/mol. The van der Waals surface area contributed by atoms with E-state index in [4.69, 9.17) is 0 Å². The molecule has 0 aliphatic heterocycles. The van der Waals surface area contributed by atoms with Gasteiger partial charge in [0.05, 0.1) is 12.0 Å². The van der Waals surface area contributed by atoms with Crippen LogP contribution in [0.5, 0.6) is 0 Å². The minimum absolute atomic E-state index is 0.682. The Bertz CT molecular complexity index is 467. The Morgan fingerprint density at radius 1 is 1.00 bits per heavy atom. The van der Waals surface area contributed by atoms with Gasteiger partial charge in [-0.3, -0.25) is 0 Å². The zero-order valence-electron chi connectivity index (χ0n) is 10.0. The van der Waals surface area contributed by atoms with Crippen LogP contribution in [0.4, 0.5) is 0 Å². The topological polar surface area (TPSA) is 28.7 Å². The standard InChI is InChI=1S/C15H18N2/c1-3-7-12(8-4-1)14-15(17-11-16-14)13-9-5-2-6-10-13/h1,3-4,7-8,11,13H,2,5-6,9-10H2,(H,16,17). The smallest absolute Gasteiger partial charge is 0.0929 e. The van der Waals surface area contributed by atoms with Crippen LogP contribution in [-0.2, 0) is 0 Å². The predicted molar refractivity (Wildman–Crippen MR) is 69.8 cm³/mol. The van der Waals surface area contributed by atoms with E-state index in [0.29, 0.717) is 5.92 Å². The van der Waals surface area contributed by atoms with Crippen molar-refractivity contribution in [3.63, 3.8) is 0 Å². The highest BCUT2D eigenvalue weighted by atomic mass is 14.9. The minimum Gasteiger partial charge on any atom is -0.348 e. The van der Waals surface area contributed by atoms with Crippen molar-refractivity contribution in [1.82, 2.24) is 9.97 Å². The third-order valence-electron chi connectivity index (χ3n) is 3.73. The van der Waals surface area contributed by atoms with Crippen LogP contribution in [0.2, 0.25) is 0 Å². The second-order valence-electron chi connectivity index (χ2n) is 4.87. The first kappa shape index (κ1) is 10.6. The normalized spacial score (nSPS) is 17.2. The molecule has 0 unspecified atom stereocenters. The molecule has 1 aromatic heterocycles. The number of hydrogen-bond donors (Lipinski definition) is 1.